The topological polar surface area (TPSA) is 38.7 Å². The second-order valence-electron chi connectivity index (χ2n) is 6.54. The van der Waals surface area contributed by atoms with E-state index in [9.17, 15) is 5.11 Å². The van der Waals surface area contributed by atoms with Gasteiger partial charge in [-0.25, -0.2) is 0 Å². The highest BCUT2D eigenvalue weighted by atomic mass is 16.7. The molecule has 0 aromatic heterocycles. The number of rotatable bonds is 3. The number of hydrogen-bond acceptors (Lipinski definition) is 3. The second kappa shape index (κ2) is 4.44. The molecule has 0 amide bonds. The first-order chi connectivity index (χ1) is 9.03. The molecule has 3 heteroatoms. The highest BCUT2D eigenvalue weighted by Gasteiger charge is 2.62. The van der Waals surface area contributed by atoms with Crippen LogP contribution in [-0.2, 0) is 9.47 Å². The Labute approximate surface area is 115 Å². The molecule has 3 atom stereocenters. The summed E-state index contributed by atoms with van der Waals surface area (Å²) in [5.74, 6) is 0.182. The highest BCUT2D eigenvalue weighted by Crippen LogP contribution is 2.64. The van der Waals surface area contributed by atoms with Crippen molar-refractivity contribution in [3.63, 3.8) is 0 Å². The van der Waals surface area contributed by atoms with Crippen molar-refractivity contribution < 1.29 is 14.6 Å². The van der Waals surface area contributed by atoms with Crippen LogP contribution in [0.25, 0.3) is 0 Å². The van der Waals surface area contributed by atoms with Crippen molar-refractivity contribution in [2.45, 2.75) is 38.4 Å². The molecule has 1 N–H and O–H groups in total. The normalized spacial score (nSPS) is 40.0. The molecule has 1 saturated heterocycles. The van der Waals surface area contributed by atoms with E-state index in [0.29, 0.717) is 19.1 Å². The van der Waals surface area contributed by atoms with Gasteiger partial charge in [-0.15, -0.1) is 0 Å². The molecular weight excluding hydrogens is 240 g/mol. The Bertz CT molecular complexity index is 408. The molecule has 1 heterocycles. The first-order valence-corrected chi connectivity index (χ1v) is 7.25. The summed E-state index contributed by atoms with van der Waals surface area (Å²) in [5.41, 5.74) is 2.54. The zero-order valence-electron chi connectivity index (χ0n) is 11.8. The maximum atomic E-state index is 9.45. The van der Waals surface area contributed by atoms with E-state index < -0.39 is 5.79 Å². The number of aliphatic hydroxyl groups excluding tert-OH is 1. The summed E-state index contributed by atoms with van der Waals surface area (Å²) in [6.07, 6.45) is 3.69. The van der Waals surface area contributed by atoms with Gasteiger partial charge in [0.15, 0.2) is 5.79 Å². The minimum absolute atomic E-state index is 0.128. The molecule has 0 radical (unpaired) electrons. The molecule has 1 aliphatic heterocycles. The van der Waals surface area contributed by atoms with E-state index in [1.165, 1.54) is 11.1 Å². The summed E-state index contributed by atoms with van der Waals surface area (Å²) < 4.78 is 12.0. The predicted molar refractivity (Wildman–Crippen MR) is 73.6 cm³/mol. The van der Waals surface area contributed by atoms with Gasteiger partial charge in [0.1, 0.15) is 0 Å². The van der Waals surface area contributed by atoms with Gasteiger partial charge in [0.2, 0.25) is 0 Å². The predicted octanol–water partition coefficient (Wildman–Crippen LogP) is 2.66. The van der Waals surface area contributed by atoms with Crippen LogP contribution in [0.1, 0.15) is 32.6 Å². The van der Waals surface area contributed by atoms with Gasteiger partial charge in [-0.1, -0.05) is 24.3 Å². The molecule has 0 aromatic carbocycles. The van der Waals surface area contributed by atoms with Crippen LogP contribution in [0.15, 0.2) is 24.3 Å². The van der Waals surface area contributed by atoms with Crippen LogP contribution < -0.4 is 0 Å². The lowest BCUT2D eigenvalue weighted by atomic mass is 9.62. The molecule has 2 bridgehead atoms. The van der Waals surface area contributed by atoms with Crippen LogP contribution in [-0.4, -0.2) is 30.7 Å². The Kier molecular flexibility index (Phi) is 3.12. The average Bonchev–Trinajstić information content (AvgIpc) is 2.90. The summed E-state index contributed by atoms with van der Waals surface area (Å²) in [7, 11) is 0. The molecule has 0 aromatic rings. The zero-order valence-corrected chi connectivity index (χ0v) is 11.8. The largest absolute Gasteiger partial charge is 0.396 e. The third kappa shape index (κ3) is 1.83. The summed E-state index contributed by atoms with van der Waals surface area (Å²) >= 11 is 0. The van der Waals surface area contributed by atoms with Gasteiger partial charge in [0.05, 0.1) is 13.2 Å². The summed E-state index contributed by atoms with van der Waals surface area (Å²) in [6.45, 7) is 12.1. The molecule has 106 valence electrons. The lowest BCUT2D eigenvalue weighted by Crippen LogP contribution is -2.48. The third-order valence-electron chi connectivity index (χ3n) is 5.42. The van der Waals surface area contributed by atoms with E-state index >= 15 is 0 Å². The van der Waals surface area contributed by atoms with Crippen molar-refractivity contribution in [1.82, 2.24) is 0 Å². The van der Waals surface area contributed by atoms with Crippen LogP contribution in [0, 0.1) is 17.3 Å². The maximum absolute atomic E-state index is 9.45. The van der Waals surface area contributed by atoms with Crippen LogP contribution >= 0.6 is 0 Å². The minimum atomic E-state index is -0.462. The van der Waals surface area contributed by atoms with Crippen LogP contribution in [0.5, 0.6) is 0 Å². The minimum Gasteiger partial charge on any atom is -0.396 e. The molecule has 1 spiro atoms. The van der Waals surface area contributed by atoms with Crippen molar-refractivity contribution in [1.29, 1.82) is 0 Å². The summed E-state index contributed by atoms with van der Waals surface area (Å²) in [5, 5.41) is 9.45. The maximum Gasteiger partial charge on any atom is 0.175 e. The lowest BCUT2D eigenvalue weighted by Gasteiger charge is -2.48. The molecular formula is C16H24O3. The fourth-order valence-corrected chi connectivity index (χ4v) is 4.65. The monoisotopic (exact) mass is 264 g/mol. The standard InChI is InChI=1S/C16H24O3/c1-11(2)13-10-16(18-6-7-19-16)14-9-15(13,4-5-17)8-12(14)3/h13-14,17H,1,3-10H2,2H3/t13-,14+,15+/m0/s1. The van der Waals surface area contributed by atoms with Gasteiger partial charge in [-0.3, -0.25) is 0 Å². The van der Waals surface area contributed by atoms with E-state index in [2.05, 4.69) is 20.1 Å². The van der Waals surface area contributed by atoms with E-state index in [-0.39, 0.29) is 17.9 Å². The Morgan fingerprint density at radius 1 is 1.37 bits per heavy atom. The van der Waals surface area contributed by atoms with E-state index in [4.69, 9.17) is 9.47 Å². The van der Waals surface area contributed by atoms with Crippen molar-refractivity contribution in [2.24, 2.45) is 17.3 Å². The van der Waals surface area contributed by atoms with Crippen LogP contribution in [0.3, 0.4) is 0 Å². The van der Waals surface area contributed by atoms with Crippen LogP contribution in [0.2, 0.25) is 0 Å². The van der Waals surface area contributed by atoms with Gasteiger partial charge in [-0.2, -0.15) is 0 Å². The Hall–Kier alpha value is -0.640. The summed E-state index contributed by atoms with van der Waals surface area (Å²) in [6, 6.07) is 0. The van der Waals surface area contributed by atoms with E-state index in [1.54, 1.807) is 0 Å². The fourth-order valence-electron chi connectivity index (χ4n) is 4.65. The third-order valence-corrected chi connectivity index (χ3v) is 5.42. The van der Waals surface area contributed by atoms with Crippen molar-refractivity contribution in [3.05, 3.63) is 24.3 Å². The Balaban J connectivity index is 1.99. The van der Waals surface area contributed by atoms with Gasteiger partial charge in [0, 0.05) is 18.9 Å². The van der Waals surface area contributed by atoms with Crippen molar-refractivity contribution in [3.8, 4) is 0 Å². The van der Waals surface area contributed by atoms with Gasteiger partial charge in [-0.05, 0) is 37.5 Å². The van der Waals surface area contributed by atoms with Crippen molar-refractivity contribution in [2.75, 3.05) is 19.8 Å². The summed E-state index contributed by atoms with van der Waals surface area (Å²) in [4.78, 5) is 0. The lowest BCUT2D eigenvalue weighted by molar-refractivity contribution is -0.219. The molecule has 3 fully saturated rings. The number of allylic oxidation sites excluding steroid dienone is 1. The number of hydrogen-bond donors (Lipinski definition) is 1. The van der Waals surface area contributed by atoms with Crippen LogP contribution in [0.4, 0.5) is 0 Å². The number of aliphatic hydroxyl groups is 1. The number of fused-ring (bicyclic) bond motifs is 3. The molecule has 3 rings (SSSR count). The van der Waals surface area contributed by atoms with E-state index in [1.807, 2.05) is 0 Å². The molecule has 2 aliphatic carbocycles. The molecule has 19 heavy (non-hydrogen) atoms. The highest BCUT2D eigenvalue weighted by molar-refractivity contribution is 5.26. The smallest absolute Gasteiger partial charge is 0.175 e. The molecule has 3 aliphatic rings. The second-order valence-corrected chi connectivity index (χ2v) is 6.54. The molecule has 3 nitrogen and oxygen atoms in total. The zero-order chi connectivity index (χ0) is 13.7. The van der Waals surface area contributed by atoms with Gasteiger partial charge < -0.3 is 14.6 Å². The van der Waals surface area contributed by atoms with Crippen molar-refractivity contribution >= 4 is 0 Å². The first kappa shape index (κ1) is 13.3. The number of ether oxygens (including phenoxy) is 2. The Morgan fingerprint density at radius 2 is 2.05 bits per heavy atom. The first-order valence-electron chi connectivity index (χ1n) is 7.25. The fraction of sp³-hybridized carbons (Fsp3) is 0.750. The molecule has 2 saturated carbocycles. The van der Waals surface area contributed by atoms with Gasteiger partial charge in [0.25, 0.3) is 0 Å². The quantitative estimate of drug-likeness (QED) is 0.796. The SMILES string of the molecule is C=C1C[C@]2(CCO)C[C@H]1C1(C[C@H]2C(=C)C)OCCO1. The molecule has 0 unspecified atom stereocenters. The Morgan fingerprint density at radius 3 is 2.63 bits per heavy atom. The van der Waals surface area contributed by atoms with Gasteiger partial charge >= 0.3 is 0 Å². The van der Waals surface area contributed by atoms with E-state index in [0.717, 1.165) is 25.7 Å². The average molecular weight is 264 g/mol.